The van der Waals surface area contributed by atoms with Crippen LogP contribution in [-0.4, -0.2) is 6.61 Å². The van der Waals surface area contributed by atoms with E-state index >= 15 is 0 Å². The van der Waals surface area contributed by atoms with Crippen LogP contribution in [0.3, 0.4) is 0 Å². The van der Waals surface area contributed by atoms with Crippen LogP contribution in [0.2, 0.25) is 0 Å². The Labute approximate surface area is 104 Å². The highest BCUT2D eigenvalue weighted by Gasteiger charge is 2.30. The van der Waals surface area contributed by atoms with Crippen LogP contribution in [0, 0.1) is 5.92 Å². The third-order valence-electron chi connectivity index (χ3n) is 3.51. The van der Waals surface area contributed by atoms with Crippen molar-refractivity contribution in [2.45, 2.75) is 45.1 Å². The van der Waals surface area contributed by atoms with E-state index in [4.69, 9.17) is 10.5 Å². The summed E-state index contributed by atoms with van der Waals surface area (Å²) in [5.41, 5.74) is 7.58. The summed E-state index contributed by atoms with van der Waals surface area (Å²) in [6.07, 6.45) is 4.72. The van der Waals surface area contributed by atoms with Gasteiger partial charge in [-0.1, -0.05) is 38.8 Å². The van der Waals surface area contributed by atoms with Gasteiger partial charge in [-0.05, 0) is 36.5 Å². The third kappa shape index (κ3) is 3.01. The van der Waals surface area contributed by atoms with Crippen molar-refractivity contribution in [3.05, 3.63) is 29.8 Å². The molecule has 2 heteroatoms. The van der Waals surface area contributed by atoms with Gasteiger partial charge in [0.1, 0.15) is 5.75 Å². The lowest BCUT2D eigenvalue weighted by molar-refractivity contribution is 0.271. The molecule has 1 aromatic carbocycles. The Bertz CT molecular complexity index is 350. The van der Waals surface area contributed by atoms with Gasteiger partial charge in [-0.15, -0.1) is 0 Å². The Hall–Kier alpha value is -1.02. The van der Waals surface area contributed by atoms with Crippen molar-refractivity contribution in [3.8, 4) is 5.75 Å². The smallest absolute Gasteiger partial charge is 0.119 e. The first-order valence-corrected chi connectivity index (χ1v) is 6.62. The minimum Gasteiger partial charge on any atom is -0.493 e. The fraction of sp³-hybridized carbons (Fsp3) is 0.600. The lowest BCUT2D eigenvalue weighted by Crippen LogP contribution is -2.32. The lowest BCUT2D eigenvalue weighted by Gasteiger charge is -2.24. The standard InChI is InChI=1S/C15H23NO/c1-12(2)11-17-14-7-5-13(6-8-14)15(16)9-3-4-10-15/h5-8,12H,3-4,9-11,16H2,1-2H3. The molecule has 0 radical (unpaired) electrons. The summed E-state index contributed by atoms with van der Waals surface area (Å²) in [4.78, 5) is 0. The van der Waals surface area contributed by atoms with Gasteiger partial charge in [0.15, 0.2) is 0 Å². The van der Waals surface area contributed by atoms with Crippen molar-refractivity contribution in [2.75, 3.05) is 6.61 Å². The molecule has 0 amide bonds. The molecular formula is C15H23NO. The van der Waals surface area contributed by atoms with E-state index in [0.717, 1.165) is 25.2 Å². The van der Waals surface area contributed by atoms with Gasteiger partial charge in [0.05, 0.1) is 6.61 Å². The van der Waals surface area contributed by atoms with E-state index in [1.54, 1.807) is 0 Å². The van der Waals surface area contributed by atoms with Crippen molar-refractivity contribution in [2.24, 2.45) is 11.7 Å². The molecule has 0 saturated heterocycles. The lowest BCUT2D eigenvalue weighted by atomic mass is 9.89. The van der Waals surface area contributed by atoms with Crippen LogP contribution >= 0.6 is 0 Å². The fourth-order valence-corrected chi connectivity index (χ4v) is 2.44. The molecular weight excluding hydrogens is 210 g/mol. The molecule has 2 N–H and O–H groups in total. The maximum atomic E-state index is 6.41. The van der Waals surface area contributed by atoms with Gasteiger partial charge in [-0.2, -0.15) is 0 Å². The summed E-state index contributed by atoms with van der Waals surface area (Å²) >= 11 is 0. The molecule has 0 bridgehead atoms. The molecule has 1 saturated carbocycles. The number of ether oxygens (including phenoxy) is 1. The van der Waals surface area contributed by atoms with Gasteiger partial charge in [0, 0.05) is 5.54 Å². The predicted molar refractivity (Wildman–Crippen MR) is 71.1 cm³/mol. The Kier molecular flexibility index (Phi) is 3.72. The van der Waals surface area contributed by atoms with E-state index in [9.17, 15) is 0 Å². The van der Waals surface area contributed by atoms with Crippen molar-refractivity contribution in [1.82, 2.24) is 0 Å². The first-order valence-electron chi connectivity index (χ1n) is 6.62. The maximum Gasteiger partial charge on any atom is 0.119 e. The SMILES string of the molecule is CC(C)COc1ccc(C2(N)CCCC2)cc1. The third-order valence-corrected chi connectivity index (χ3v) is 3.51. The van der Waals surface area contributed by atoms with Crippen LogP contribution in [0.15, 0.2) is 24.3 Å². The van der Waals surface area contributed by atoms with Crippen molar-refractivity contribution in [1.29, 1.82) is 0 Å². The Morgan fingerprint density at radius 1 is 1.18 bits per heavy atom. The minimum absolute atomic E-state index is 0.0867. The highest BCUT2D eigenvalue weighted by atomic mass is 16.5. The Morgan fingerprint density at radius 3 is 2.29 bits per heavy atom. The quantitative estimate of drug-likeness (QED) is 0.864. The van der Waals surface area contributed by atoms with Crippen LogP contribution in [0.5, 0.6) is 5.75 Å². The van der Waals surface area contributed by atoms with E-state index in [0.29, 0.717) is 5.92 Å². The maximum absolute atomic E-state index is 6.41. The highest BCUT2D eigenvalue weighted by molar-refractivity contribution is 5.32. The number of nitrogens with two attached hydrogens (primary N) is 1. The van der Waals surface area contributed by atoms with Crippen molar-refractivity contribution >= 4 is 0 Å². The second kappa shape index (κ2) is 5.09. The molecule has 0 aliphatic heterocycles. The molecule has 0 spiro atoms. The molecule has 1 aromatic rings. The zero-order valence-electron chi connectivity index (χ0n) is 10.9. The monoisotopic (exact) mass is 233 g/mol. The average molecular weight is 233 g/mol. The number of benzene rings is 1. The summed E-state index contributed by atoms with van der Waals surface area (Å²) in [5, 5.41) is 0. The fourth-order valence-electron chi connectivity index (χ4n) is 2.44. The molecule has 0 atom stereocenters. The van der Waals surface area contributed by atoms with Crippen LogP contribution < -0.4 is 10.5 Å². The summed E-state index contributed by atoms with van der Waals surface area (Å²) in [7, 11) is 0. The molecule has 1 aliphatic rings. The van der Waals surface area contributed by atoms with Crippen LogP contribution in [0.1, 0.15) is 45.1 Å². The van der Waals surface area contributed by atoms with Gasteiger partial charge < -0.3 is 10.5 Å². The topological polar surface area (TPSA) is 35.2 Å². The Balaban J connectivity index is 2.02. The molecule has 1 aliphatic carbocycles. The summed E-state index contributed by atoms with van der Waals surface area (Å²) in [5.74, 6) is 1.51. The summed E-state index contributed by atoms with van der Waals surface area (Å²) in [6, 6.07) is 8.34. The van der Waals surface area contributed by atoms with Gasteiger partial charge in [0.25, 0.3) is 0 Å². The molecule has 0 heterocycles. The van der Waals surface area contributed by atoms with Crippen LogP contribution in [-0.2, 0) is 5.54 Å². The van der Waals surface area contributed by atoms with Gasteiger partial charge in [-0.25, -0.2) is 0 Å². The van der Waals surface area contributed by atoms with Crippen molar-refractivity contribution < 1.29 is 4.74 Å². The second-order valence-corrected chi connectivity index (χ2v) is 5.59. The number of hydrogen-bond donors (Lipinski definition) is 1. The van der Waals surface area contributed by atoms with Gasteiger partial charge >= 0.3 is 0 Å². The molecule has 1 fully saturated rings. The zero-order chi connectivity index (χ0) is 12.3. The molecule has 2 rings (SSSR count). The Morgan fingerprint density at radius 2 is 1.76 bits per heavy atom. The normalized spacial score (nSPS) is 18.6. The van der Waals surface area contributed by atoms with E-state index in [1.165, 1.54) is 18.4 Å². The zero-order valence-corrected chi connectivity index (χ0v) is 10.9. The van der Waals surface area contributed by atoms with Crippen LogP contribution in [0.4, 0.5) is 0 Å². The van der Waals surface area contributed by atoms with Gasteiger partial charge in [0.2, 0.25) is 0 Å². The average Bonchev–Trinajstić information content (AvgIpc) is 2.75. The molecule has 94 valence electrons. The van der Waals surface area contributed by atoms with Gasteiger partial charge in [-0.3, -0.25) is 0 Å². The first kappa shape index (κ1) is 12.4. The highest BCUT2D eigenvalue weighted by Crippen LogP contribution is 2.36. The van der Waals surface area contributed by atoms with Crippen molar-refractivity contribution in [3.63, 3.8) is 0 Å². The summed E-state index contributed by atoms with van der Waals surface area (Å²) in [6.45, 7) is 5.08. The molecule has 17 heavy (non-hydrogen) atoms. The van der Waals surface area contributed by atoms with E-state index in [-0.39, 0.29) is 5.54 Å². The van der Waals surface area contributed by atoms with E-state index in [1.807, 2.05) is 12.1 Å². The number of rotatable bonds is 4. The number of hydrogen-bond acceptors (Lipinski definition) is 2. The van der Waals surface area contributed by atoms with E-state index in [2.05, 4.69) is 26.0 Å². The predicted octanol–water partition coefficient (Wildman–Crippen LogP) is 3.45. The van der Waals surface area contributed by atoms with Crippen LogP contribution in [0.25, 0.3) is 0 Å². The molecule has 0 aromatic heterocycles. The largest absolute Gasteiger partial charge is 0.493 e. The molecule has 2 nitrogen and oxygen atoms in total. The second-order valence-electron chi connectivity index (χ2n) is 5.59. The minimum atomic E-state index is -0.0867. The molecule has 0 unspecified atom stereocenters. The van der Waals surface area contributed by atoms with E-state index < -0.39 is 0 Å². The first-order chi connectivity index (χ1) is 8.10. The summed E-state index contributed by atoms with van der Waals surface area (Å²) < 4.78 is 5.68.